The molecular formula is C15H30N2. The van der Waals surface area contributed by atoms with Crippen LogP contribution in [0.3, 0.4) is 0 Å². The van der Waals surface area contributed by atoms with Gasteiger partial charge in [-0.3, -0.25) is 0 Å². The molecule has 2 aliphatic rings. The van der Waals surface area contributed by atoms with E-state index in [4.69, 9.17) is 5.73 Å². The average Bonchev–Trinajstić information content (AvgIpc) is 2.80. The molecule has 2 heteroatoms. The molecule has 17 heavy (non-hydrogen) atoms. The third-order valence-electron chi connectivity index (χ3n) is 5.13. The Balaban J connectivity index is 1.74. The molecule has 2 rings (SSSR count). The van der Waals surface area contributed by atoms with E-state index in [2.05, 4.69) is 11.8 Å². The summed E-state index contributed by atoms with van der Waals surface area (Å²) in [7, 11) is 0. The summed E-state index contributed by atoms with van der Waals surface area (Å²) < 4.78 is 0. The molecule has 1 aliphatic heterocycles. The quantitative estimate of drug-likeness (QED) is 0.798. The number of nitrogens with zero attached hydrogens (tertiary/aromatic N) is 1. The van der Waals surface area contributed by atoms with Crippen molar-refractivity contribution in [2.24, 2.45) is 17.1 Å². The molecule has 0 radical (unpaired) electrons. The van der Waals surface area contributed by atoms with Crippen LogP contribution in [0.5, 0.6) is 0 Å². The first kappa shape index (κ1) is 13.4. The van der Waals surface area contributed by atoms with Crippen molar-refractivity contribution in [2.75, 3.05) is 26.2 Å². The minimum absolute atomic E-state index is 0.734. The zero-order chi connectivity index (χ0) is 12.1. The first-order valence-corrected chi connectivity index (χ1v) is 7.70. The first-order chi connectivity index (χ1) is 8.28. The maximum atomic E-state index is 5.86. The highest BCUT2D eigenvalue weighted by molar-refractivity contribution is 4.90. The van der Waals surface area contributed by atoms with E-state index >= 15 is 0 Å². The van der Waals surface area contributed by atoms with Gasteiger partial charge in [-0.2, -0.15) is 0 Å². The van der Waals surface area contributed by atoms with E-state index in [1.165, 1.54) is 71.0 Å². The monoisotopic (exact) mass is 238 g/mol. The van der Waals surface area contributed by atoms with Gasteiger partial charge < -0.3 is 10.6 Å². The smallest absolute Gasteiger partial charge is 0.00217 e. The molecule has 0 bridgehead atoms. The highest BCUT2D eigenvalue weighted by atomic mass is 15.1. The Morgan fingerprint density at radius 1 is 1.12 bits per heavy atom. The molecule has 0 aromatic rings. The van der Waals surface area contributed by atoms with Crippen molar-refractivity contribution in [1.82, 2.24) is 4.90 Å². The molecule has 1 aliphatic carbocycles. The van der Waals surface area contributed by atoms with Crippen molar-refractivity contribution < 1.29 is 0 Å². The lowest BCUT2D eigenvalue weighted by Gasteiger charge is -2.40. The van der Waals surface area contributed by atoms with E-state index in [-0.39, 0.29) is 0 Å². The van der Waals surface area contributed by atoms with Crippen molar-refractivity contribution in [3.05, 3.63) is 0 Å². The van der Waals surface area contributed by atoms with E-state index in [1.807, 2.05) is 0 Å². The summed E-state index contributed by atoms with van der Waals surface area (Å²) in [5.74, 6) is 0.734. The molecule has 1 heterocycles. The van der Waals surface area contributed by atoms with Gasteiger partial charge in [-0.05, 0) is 63.1 Å². The highest BCUT2D eigenvalue weighted by Gasteiger charge is 2.36. The summed E-state index contributed by atoms with van der Waals surface area (Å²) in [6.07, 6.45) is 11.5. The first-order valence-electron chi connectivity index (χ1n) is 7.70. The number of likely N-dealkylation sites (tertiary alicyclic amines) is 1. The fourth-order valence-electron chi connectivity index (χ4n) is 3.89. The molecule has 100 valence electrons. The van der Waals surface area contributed by atoms with Crippen LogP contribution in [-0.4, -0.2) is 31.1 Å². The summed E-state index contributed by atoms with van der Waals surface area (Å²) in [4.78, 5) is 2.68. The third kappa shape index (κ3) is 3.45. The van der Waals surface area contributed by atoms with Gasteiger partial charge in [-0.1, -0.05) is 26.2 Å². The second kappa shape index (κ2) is 6.19. The molecule has 2 nitrogen and oxygen atoms in total. The molecule has 1 atom stereocenters. The molecule has 1 saturated carbocycles. The molecule has 0 aromatic heterocycles. The van der Waals surface area contributed by atoms with Crippen LogP contribution >= 0.6 is 0 Å². The van der Waals surface area contributed by atoms with Gasteiger partial charge in [0.1, 0.15) is 0 Å². The zero-order valence-electron chi connectivity index (χ0n) is 11.6. The van der Waals surface area contributed by atoms with Crippen LogP contribution in [0, 0.1) is 11.3 Å². The van der Waals surface area contributed by atoms with Crippen LogP contribution in [-0.2, 0) is 0 Å². The van der Waals surface area contributed by atoms with Crippen molar-refractivity contribution >= 4 is 0 Å². The second-order valence-corrected chi connectivity index (χ2v) is 6.40. The molecule has 0 amide bonds. The van der Waals surface area contributed by atoms with Crippen molar-refractivity contribution in [3.8, 4) is 0 Å². The van der Waals surface area contributed by atoms with Crippen LogP contribution in [0.4, 0.5) is 0 Å². The maximum Gasteiger partial charge on any atom is 0.00217 e. The van der Waals surface area contributed by atoms with Gasteiger partial charge in [0.15, 0.2) is 0 Å². The molecule has 1 saturated heterocycles. The van der Waals surface area contributed by atoms with E-state index < -0.39 is 0 Å². The van der Waals surface area contributed by atoms with Gasteiger partial charge in [0.2, 0.25) is 0 Å². The number of piperidine rings is 1. The van der Waals surface area contributed by atoms with E-state index in [9.17, 15) is 0 Å². The molecule has 1 unspecified atom stereocenters. The Morgan fingerprint density at radius 3 is 2.29 bits per heavy atom. The summed E-state index contributed by atoms with van der Waals surface area (Å²) >= 11 is 0. The molecule has 1 spiro atoms. The van der Waals surface area contributed by atoms with Gasteiger partial charge in [-0.15, -0.1) is 0 Å². The van der Waals surface area contributed by atoms with Crippen LogP contribution in [0.15, 0.2) is 0 Å². The predicted octanol–water partition coefficient (Wildman–Crippen LogP) is 3.02. The second-order valence-electron chi connectivity index (χ2n) is 6.40. The standard InChI is InChI=1S/C15H30N2/c1-2-5-14(12-16)13-17-10-8-15(9-11-17)6-3-4-7-15/h14H,2-13,16H2,1H3. The SMILES string of the molecule is CCCC(CN)CN1CCC2(CCCC2)CC1. The van der Waals surface area contributed by atoms with E-state index in [0.29, 0.717) is 0 Å². The lowest BCUT2D eigenvalue weighted by molar-refractivity contribution is 0.0953. The minimum Gasteiger partial charge on any atom is -0.330 e. The van der Waals surface area contributed by atoms with Gasteiger partial charge in [0.25, 0.3) is 0 Å². The Bertz CT molecular complexity index is 211. The van der Waals surface area contributed by atoms with E-state index in [0.717, 1.165) is 17.9 Å². The van der Waals surface area contributed by atoms with Gasteiger partial charge in [-0.25, -0.2) is 0 Å². The summed E-state index contributed by atoms with van der Waals surface area (Å²) in [5.41, 5.74) is 6.63. The fourth-order valence-corrected chi connectivity index (χ4v) is 3.89. The van der Waals surface area contributed by atoms with Crippen LogP contribution in [0.25, 0.3) is 0 Å². The van der Waals surface area contributed by atoms with Gasteiger partial charge in [0.05, 0.1) is 0 Å². The minimum atomic E-state index is 0.734. The summed E-state index contributed by atoms with van der Waals surface area (Å²) in [6.45, 7) is 7.06. The molecular weight excluding hydrogens is 208 g/mol. The number of hydrogen-bond donors (Lipinski definition) is 1. The van der Waals surface area contributed by atoms with Crippen LogP contribution in [0.2, 0.25) is 0 Å². The highest BCUT2D eigenvalue weighted by Crippen LogP contribution is 2.46. The maximum absolute atomic E-state index is 5.86. The largest absolute Gasteiger partial charge is 0.330 e. The lowest BCUT2D eigenvalue weighted by atomic mass is 9.77. The Hall–Kier alpha value is -0.0800. The Kier molecular flexibility index (Phi) is 4.87. The van der Waals surface area contributed by atoms with Crippen molar-refractivity contribution in [1.29, 1.82) is 0 Å². The van der Waals surface area contributed by atoms with Gasteiger partial charge >= 0.3 is 0 Å². The van der Waals surface area contributed by atoms with Crippen molar-refractivity contribution in [2.45, 2.75) is 58.3 Å². The number of hydrogen-bond acceptors (Lipinski definition) is 2. The summed E-state index contributed by atoms with van der Waals surface area (Å²) in [5, 5.41) is 0. The Morgan fingerprint density at radius 2 is 1.76 bits per heavy atom. The van der Waals surface area contributed by atoms with Crippen LogP contribution in [0.1, 0.15) is 58.3 Å². The fraction of sp³-hybridized carbons (Fsp3) is 1.00. The topological polar surface area (TPSA) is 29.3 Å². The normalized spacial score (nSPS) is 26.5. The van der Waals surface area contributed by atoms with Crippen molar-refractivity contribution in [3.63, 3.8) is 0 Å². The number of rotatable bonds is 5. The number of nitrogens with two attached hydrogens (primary N) is 1. The predicted molar refractivity (Wildman–Crippen MR) is 74.0 cm³/mol. The molecule has 0 aromatic carbocycles. The summed E-state index contributed by atoms with van der Waals surface area (Å²) in [6, 6.07) is 0. The molecule has 2 fully saturated rings. The zero-order valence-corrected chi connectivity index (χ0v) is 11.6. The van der Waals surface area contributed by atoms with E-state index in [1.54, 1.807) is 0 Å². The molecule has 2 N–H and O–H groups in total. The lowest BCUT2D eigenvalue weighted by Crippen LogP contribution is -2.42. The van der Waals surface area contributed by atoms with Gasteiger partial charge in [0, 0.05) is 6.54 Å². The average molecular weight is 238 g/mol. The van der Waals surface area contributed by atoms with Crippen LogP contribution < -0.4 is 5.73 Å². The Labute approximate surface area is 107 Å². The third-order valence-corrected chi connectivity index (χ3v) is 5.13.